The first-order valence-electron chi connectivity index (χ1n) is 13.1. The van der Waals surface area contributed by atoms with Crippen LogP contribution in [0.3, 0.4) is 0 Å². The molecule has 0 fully saturated rings. The summed E-state index contributed by atoms with van der Waals surface area (Å²) in [5.74, 6) is 1.32. The van der Waals surface area contributed by atoms with Crippen LogP contribution in [0, 0.1) is 5.92 Å². The lowest BCUT2D eigenvalue weighted by molar-refractivity contribution is 0.133. The predicted molar refractivity (Wildman–Crippen MR) is 146 cm³/mol. The zero-order chi connectivity index (χ0) is 27.8. The van der Waals surface area contributed by atoms with E-state index >= 15 is 0 Å². The summed E-state index contributed by atoms with van der Waals surface area (Å²) in [6.45, 7) is 15.3. The molecule has 210 valence electrons. The molecule has 3 atom stereocenters. The van der Waals surface area contributed by atoms with Crippen LogP contribution in [-0.4, -0.2) is 70.5 Å². The van der Waals surface area contributed by atoms with Crippen molar-refractivity contribution in [3.8, 4) is 5.75 Å². The van der Waals surface area contributed by atoms with Crippen molar-refractivity contribution in [1.29, 1.82) is 0 Å². The van der Waals surface area contributed by atoms with E-state index in [0.29, 0.717) is 47.7 Å². The van der Waals surface area contributed by atoms with Gasteiger partial charge in [0.1, 0.15) is 24.7 Å². The topological polar surface area (TPSA) is 123 Å². The van der Waals surface area contributed by atoms with Gasteiger partial charge >= 0.3 is 0 Å². The maximum absolute atomic E-state index is 10.7. The molecule has 1 aliphatic carbocycles. The number of rotatable bonds is 13. The zero-order valence-corrected chi connectivity index (χ0v) is 23.6. The van der Waals surface area contributed by atoms with Gasteiger partial charge in [-0.25, -0.2) is 0 Å². The number of aliphatic hydroxyl groups excluding tert-OH is 4. The highest BCUT2D eigenvalue weighted by Crippen LogP contribution is 2.32. The first-order valence-corrected chi connectivity index (χ1v) is 13.1. The summed E-state index contributed by atoms with van der Waals surface area (Å²) in [5, 5.41) is 47.5. The Kier molecular flexibility index (Phi) is 11.6. The van der Waals surface area contributed by atoms with E-state index in [1.165, 1.54) is 0 Å². The smallest absolute Gasteiger partial charge is 0.125 e. The summed E-state index contributed by atoms with van der Waals surface area (Å²) >= 11 is 0. The molecule has 8 heteroatoms. The number of aliphatic hydroxyl groups is 4. The molecule has 1 aliphatic rings. The number of β-amino-alcohol motifs (C(OH)–C–C–N with tert-alkyl or cyclic N) is 2. The third-order valence-electron chi connectivity index (χ3n) is 6.22. The molecule has 1 aromatic carbocycles. The molecule has 6 N–H and O–H groups in total. The summed E-state index contributed by atoms with van der Waals surface area (Å²) in [5.41, 5.74) is 2.66. The molecular formula is C29H48N2O6. The Morgan fingerprint density at radius 3 is 2.05 bits per heavy atom. The van der Waals surface area contributed by atoms with E-state index in [-0.39, 0.29) is 43.4 Å². The molecule has 0 aliphatic heterocycles. The van der Waals surface area contributed by atoms with Crippen LogP contribution in [0.15, 0.2) is 41.2 Å². The quantitative estimate of drug-likeness (QED) is 0.220. The summed E-state index contributed by atoms with van der Waals surface area (Å²) < 4.78 is 11.8. The van der Waals surface area contributed by atoms with Gasteiger partial charge in [-0.05, 0) is 70.7 Å². The second kappa shape index (κ2) is 13.7. The van der Waals surface area contributed by atoms with Crippen LogP contribution in [0.5, 0.6) is 5.75 Å². The summed E-state index contributed by atoms with van der Waals surface area (Å²) in [6, 6.07) is 5.31. The van der Waals surface area contributed by atoms with Crippen molar-refractivity contribution in [2.24, 2.45) is 5.92 Å². The van der Waals surface area contributed by atoms with Crippen molar-refractivity contribution >= 4 is 0 Å². The fraction of sp³-hybridized carbons (Fsp3) is 0.655. The van der Waals surface area contributed by atoms with Crippen LogP contribution in [0.25, 0.3) is 0 Å². The van der Waals surface area contributed by atoms with Gasteiger partial charge in [0.15, 0.2) is 0 Å². The van der Waals surface area contributed by atoms with Crippen molar-refractivity contribution in [2.45, 2.75) is 84.8 Å². The lowest BCUT2D eigenvalue weighted by Gasteiger charge is -2.30. The third-order valence-corrected chi connectivity index (χ3v) is 6.22. The number of hydrogen-bond donors (Lipinski definition) is 6. The summed E-state index contributed by atoms with van der Waals surface area (Å²) in [4.78, 5) is 0. The fourth-order valence-electron chi connectivity index (χ4n) is 4.09. The minimum atomic E-state index is -0.695. The van der Waals surface area contributed by atoms with Gasteiger partial charge in [-0.1, -0.05) is 19.1 Å². The van der Waals surface area contributed by atoms with Gasteiger partial charge in [-0.15, -0.1) is 0 Å². The second-order valence-corrected chi connectivity index (χ2v) is 11.9. The highest BCUT2D eigenvalue weighted by atomic mass is 16.5. The average molecular weight is 521 g/mol. The Balaban J connectivity index is 1.96. The Morgan fingerprint density at radius 1 is 0.892 bits per heavy atom. The van der Waals surface area contributed by atoms with Gasteiger partial charge in [0, 0.05) is 41.7 Å². The van der Waals surface area contributed by atoms with Gasteiger partial charge in [-0.3, -0.25) is 0 Å². The molecule has 8 nitrogen and oxygen atoms in total. The molecule has 2 rings (SSSR count). The van der Waals surface area contributed by atoms with Crippen molar-refractivity contribution in [3.05, 3.63) is 52.3 Å². The maximum atomic E-state index is 10.7. The molecule has 0 spiro atoms. The standard InChI is InChI=1S/C29H48N2O6/c1-19-12-27(22(18-33)14-23(19)25(35)16-31-29(5,6)7)37-11-10-36-26-9-8-20(13-21(26)17-32)24(34)15-30-28(2,3)4/h8-9,13-14,19,24-25,30-35H,10-12,15-18H2,1-7H3. The molecule has 0 bridgehead atoms. The normalized spacial score (nSPS) is 18.5. The van der Waals surface area contributed by atoms with E-state index in [1.54, 1.807) is 18.2 Å². The van der Waals surface area contributed by atoms with Crippen LogP contribution < -0.4 is 15.4 Å². The molecule has 0 saturated heterocycles. The average Bonchev–Trinajstić information content (AvgIpc) is 2.82. The number of hydrogen-bond acceptors (Lipinski definition) is 8. The molecule has 0 heterocycles. The minimum absolute atomic E-state index is 0.0794. The molecule has 0 amide bonds. The molecule has 1 aromatic rings. The van der Waals surface area contributed by atoms with E-state index in [2.05, 4.69) is 31.4 Å². The summed E-state index contributed by atoms with van der Waals surface area (Å²) in [6.07, 6.45) is 1.11. The van der Waals surface area contributed by atoms with Crippen molar-refractivity contribution < 1.29 is 29.9 Å². The van der Waals surface area contributed by atoms with Crippen molar-refractivity contribution in [1.82, 2.24) is 10.6 Å². The maximum Gasteiger partial charge on any atom is 0.125 e. The van der Waals surface area contributed by atoms with Crippen LogP contribution >= 0.6 is 0 Å². The van der Waals surface area contributed by atoms with E-state index in [9.17, 15) is 20.4 Å². The highest BCUT2D eigenvalue weighted by Gasteiger charge is 2.26. The third kappa shape index (κ3) is 10.4. The summed E-state index contributed by atoms with van der Waals surface area (Å²) in [7, 11) is 0. The van der Waals surface area contributed by atoms with Gasteiger partial charge < -0.3 is 40.5 Å². The number of benzene rings is 1. The zero-order valence-electron chi connectivity index (χ0n) is 23.6. The van der Waals surface area contributed by atoms with Crippen LogP contribution in [0.4, 0.5) is 0 Å². The first kappa shape index (κ1) is 31.3. The van der Waals surface area contributed by atoms with E-state index < -0.39 is 12.2 Å². The molecular weight excluding hydrogens is 472 g/mol. The largest absolute Gasteiger partial charge is 0.494 e. The highest BCUT2D eigenvalue weighted by molar-refractivity contribution is 5.38. The monoisotopic (exact) mass is 520 g/mol. The minimum Gasteiger partial charge on any atom is -0.494 e. The lowest BCUT2D eigenvalue weighted by Crippen LogP contribution is -2.42. The lowest BCUT2D eigenvalue weighted by atomic mass is 9.85. The molecule has 3 unspecified atom stereocenters. The Hall–Kier alpha value is -1.94. The van der Waals surface area contributed by atoms with Gasteiger partial charge in [0.25, 0.3) is 0 Å². The number of allylic oxidation sites excluding steroid dienone is 1. The fourth-order valence-corrected chi connectivity index (χ4v) is 4.09. The van der Waals surface area contributed by atoms with Crippen molar-refractivity contribution in [3.63, 3.8) is 0 Å². The Labute approximate surface area is 222 Å². The van der Waals surface area contributed by atoms with Crippen LogP contribution in [0.2, 0.25) is 0 Å². The second-order valence-electron chi connectivity index (χ2n) is 11.9. The van der Waals surface area contributed by atoms with Crippen LogP contribution in [0.1, 0.15) is 72.1 Å². The predicted octanol–water partition coefficient (Wildman–Crippen LogP) is 2.96. The number of nitrogens with one attached hydrogen (secondary N) is 2. The van der Waals surface area contributed by atoms with E-state index in [4.69, 9.17) is 9.47 Å². The molecule has 0 radical (unpaired) electrons. The molecule has 0 saturated carbocycles. The van der Waals surface area contributed by atoms with Gasteiger partial charge in [0.05, 0.1) is 25.4 Å². The Morgan fingerprint density at radius 2 is 1.49 bits per heavy atom. The van der Waals surface area contributed by atoms with E-state index in [0.717, 1.165) is 5.57 Å². The Bertz CT molecular complexity index is 929. The van der Waals surface area contributed by atoms with Crippen LogP contribution in [-0.2, 0) is 11.3 Å². The molecule has 37 heavy (non-hydrogen) atoms. The van der Waals surface area contributed by atoms with E-state index in [1.807, 2.05) is 33.8 Å². The molecule has 0 aromatic heterocycles. The van der Waals surface area contributed by atoms with Gasteiger partial charge in [0.2, 0.25) is 0 Å². The van der Waals surface area contributed by atoms with Crippen molar-refractivity contribution in [2.75, 3.05) is 32.9 Å². The number of ether oxygens (including phenoxy) is 2. The van der Waals surface area contributed by atoms with Gasteiger partial charge in [-0.2, -0.15) is 0 Å². The SMILES string of the molecule is CC1CC(OCCOc2ccc(C(O)CNC(C)(C)C)cc2CO)=C(CO)C=C1C(O)CNC(C)(C)C. The first-order chi connectivity index (χ1) is 17.2.